The number of H-pyrrole nitrogens is 1. The fourth-order valence-electron chi connectivity index (χ4n) is 2.57. The van der Waals surface area contributed by atoms with Crippen LogP contribution in [0.5, 0.6) is 0 Å². The molecule has 4 heteroatoms. The monoisotopic (exact) mass is 313 g/mol. The summed E-state index contributed by atoms with van der Waals surface area (Å²) in [7, 11) is 0. The Morgan fingerprint density at radius 3 is 3.00 bits per heavy atom. The highest BCUT2D eigenvalue weighted by molar-refractivity contribution is 9.10. The molecule has 3 nitrogen and oxygen atoms in total. The fourth-order valence-corrected chi connectivity index (χ4v) is 2.93. The SMILES string of the molecule is Brc1ccc2nc(-c3ccc4c(c3)CCN4)[nH]c2c1. The summed E-state index contributed by atoms with van der Waals surface area (Å²) in [5.74, 6) is 0.933. The van der Waals surface area contributed by atoms with E-state index in [0.29, 0.717) is 0 Å². The van der Waals surface area contributed by atoms with Crippen LogP contribution >= 0.6 is 15.9 Å². The number of aromatic nitrogens is 2. The summed E-state index contributed by atoms with van der Waals surface area (Å²) in [5.41, 5.74) is 5.83. The minimum atomic E-state index is 0.933. The number of aromatic amines is 1. The van der Waals surface area contributed by atoms with Gasteiger partial charge in [0.25, 0.3) is 0 Å². The molecule has 94 valence electrons. The molecule has 1 aliphatic rings. The Bertz CT molecular complexity index is 776. The van der Waals surface area contributed by atoms with Gasteiger partial charge in [0.05, 0.1) is 11.0 Å². The highest BCUT2D eigenvalue weighted by atomic mass is 79.9. The molecule has 0 saturated carbocycles. The van der Waals surface area contributed by atoms with E-state index in [-0.39, 0.29) is 0 Å². The van der Waals surface area contributed by atoms with Crippen LogP contribution in [0.25, 0.3) is 22.4 Å². The predicted octanol–water partition coefficient (Wildman–Crippen LogP) is 3.96. The van der Waals surface area contributed by atoms with Gasteiger partial charge >= 0.3 is 0 Å². The molecule has 0 radical (unpaired) electrons. The molecule has 19 heavy (non-hydrogen) atoms. The van der Waals surface area contributed by atoms with Crippen LogP contribution in [-0.4, -0.2) is 16.5 Å². The first kappa shape index (κ1) is 11.1. The second-order valence-corrected chi connectivity index (χ2v) is 5.71. The zero-order chi connectivity index (χ0) is 12.8. The van der Waals surface area contributed by atoms with Gasteiger partial charge in [-0.25, -0.2) is 4.98 Å². The van der Waals surface area contributed by atoms with Crippen molar-refractivity contribution in [2.24, 2.45) is 0 Å². The lowest BCUT2D eigenvalue weighted by Gasteiger charge is -2.01. The van der Waals surface area contributed by atoms with Gasteiger partial charge in [0, 0.05) is 22.3 Å². The molecule has 2 aromatic carbocycles. The van der Waals surface area contributed by atoms with E-state index in [2.05, 4.69) is 55.5 Å². The Labute approximate surface area is 119 Å². The van der Waals surface area contributed by atoms with Gasteiger partial charge in [-0.05, 0) is 48.4 Å². The zero-order valence-electron chi connectivity index (χ0n) is 10.2. The lowest BCUT2D eigenvalue weighted by molar-refractivity contribution is 1.11. The van der Waals surface area contributed by atoms with Gasteiger partial charge in [-0.2, -0.15) is 0 Å². The van der Waals surface area contributed by atoms with Crippen molar-refractivity contribution in [1.29, 1.82) is 0 Å². The summed E-state index contributed by atoms with van der Waals surface area (Å²) in [4.78, 5) is 8.04. The third-order valence-corrected chi connectivity index (χ3v) is 4.03. The Morgan fingerprint density at radius 2 is 2.05 bits per heavy atom. The van der Waals surface area contributed by atoms with Crippen molar-refractivity contribution >= 4 is 32.7 Å². The average molecular weight is 314 g/mol. The van der Waals surface area contributed by atoms with Crippen LogP contribution in [0.15, 0.2) is 40.9 Å². The number of hydrogen-bond donors (Lipinski definition) is 2. The molecule has 1 aromatic heterocycles. The van der Waals surface area contributed by atoms with E-state index >= 15 is 0 Å². The van der Waals surface area contributed by atoms with Crippen LogP contribution in [0, 0.1) is 0 Å². The first-order valence-corrected chi connectivity index (χ1v) is 7.11. The number of imidazole rings is 1. The number of rotatable bonds is 1. The number of benzene rings is 2. The maximum Gasteiger partial charge on any atom is 0.138 e. The van der Waals surface area contributed by atoms with E-state index in [1.807, 2.05) is 12.1 Å². The van der Waals surface area contributed by atoms with E-state index in [9.17, 15) is 0 Å². The number of hydrogen-bond acceptors (Lipinski definition) is 2. The molecule has 0 atom stereocenters. The second kappa shape index (κ2) is 4.10. The molecule has 2 N–H and O–H groups in total. The van der Waals surface area contributed by atoms with Crippen molar-refractivity contribution in [1.82, 2.24) is 9.97 Å². The molecule has 4 rings (SSSR count). The van der Waals surface area contributed by atoms with E-state index in [0.717, 1.165) is 39.9 Å². The fraction of sp³-hybridized carbons (Fsp3) is 0.133. The van der Waals surface area contributed by atoms with Crippen molar-refractivity contribution < 1.29 is 0 Å². The normalized spacial score (nSPS) is 13.5. The smallest absolute Gasteiger partial charge is 0.138 e. The molecule has 0 fully saturated rings. The molecular weight excluding hydrogens is 302 g/mol. The maximum absolute atomic E-state index is 4.65. The van der Waals surface area contributed by atoms with Crippen molar-refractivity contribution in [3.8, 4) is 11.4 Å². The van der Waals surface area contributed by atoms with Gasteiger partial charge in [0.1, 0.15) is 5.82 Å². The Hall–Kier alpha value is -1.81. The van der Waals surface area contributed by atoms with Gasteiger partial charge < -0.3 is 10.3 Å². The van der Waals surface area contributed by atoms with Gasteiger partial charge in [0.15, 0.2) is 0 Å². The largest absolute Gasteiger partial charge is 0.384 e. The predicted molar refractivity (Wildman–Crippen MR) is 81.4 cm³/mol. The van der Waals surface area contributed by atoms with Crippen LogP contribution in [0.1, 0.15) is 5.56 Å². The number of anilines is 1. The first-order valence-electron chi connectivity index (χ1n) is 6.32. The number of nitrogens with zero attached hydrogens (tertiary/aromatic N) is 1. The van der Waals surface area contributed by atoms with E-state index in [4.69, 9.17) is 0 Å². The highest BCUT2D eigenvalue weighted by Gasteiger charge is 2.12. The summed E-state index contributed by atoms with van der Waals surface area (Å²) in [6.45, 7) is 1.03. The molecule has 0 saturated heterocycles. The molecule has 0 amide bonds. The first-order chi connectivity index (χ1) is 9.29. The van der Waals surface area contributed by atoms with Crippen LogP contribution in [-0.2, 0) is 6.42 Å². The molecule has 0 unspecified atom stereocenters. The van der Waals surface area contributed by atoms with E-state index in [1.54, 1.807) is 0 Å². The third-order valence-electron chi connectivity index (χ3n) is 3.53. The standard InChI is InChI=1S/C15H12BrN3/c16-11-2-4-13-14(8-11)19-15(18-13)10-1-3-12-9(7-10)5-6-17-12/h1-4,7-8,17H,5-6H2,(H,18,19). The summed E-state index contributed by atoms with van der Waals surface area (Å²) in [6, 6.07) is 12.6. The minimum absolute atomic E-state index is 0.933. The lowest BCUT2D eigenvalue weighted by atomic mass is 10.1. The van der Waals surface area contributed by atoms with Crippen molar-refractivity contribution in [3.05, 3.63) is 46.4 Å². The van der Waals surface area contributed by atoms with Crippen LogP contribution < -0.4 is 5.32 Å². The number of halogens is 1. The molecule has 2 heterocycles. The Balaban J connectivity index is 1.85. The van der Waals surface area contributed by atoms with Crippen LogP contribution in [0.4, 0.5) is 5.69 Å². The number of nitrogens with one attached hydrogen (secondary N) is 2. The molecule has 0 aliphatic carbocycles. The quantitative estimate of drug-likeness (QED) is 0.714. The average Bonchev–Trinajstić information content (AvgIpc) is 3.02. The second-order valence-electron chi connectivity index (χ2n) is 4.80. The third kappa shape index (κ3) is 1.83. The van der Waals surface area contributed by atoms with Crippen LogP contribution in [0.2, 0.25) is 0 Å². The number of fused-ring (bicyclic) bond motifs is 2. The van der Waals surface area contributed by atoms with Gasteiger partial charge in [-0.1, -0.05) is 15.9 Å². The van der Waals surface area contributed by atoms with Crippen LogP contribution in [0.3, 0.4) is 0 Å². The molecule has 3 aromatic rings. The highest BCUT2D eigenvalue weighted by Crippen LogP contribution is 2.28. The van der Waals surface area contributed by atoms with E-state index < -0.39 is 0 Å². The molecule has 0 bridgehead atoms. The van der Waals surface area contributed by atoms with Crippen molar-refractivity contribution in [3.63, 3.8) is 0 Å². The summed E-state index contributed by atoms with van der Waals surface area (Å²) >= 11 is 3.48. The van der Waals surface area contributed by atoms with Gasteiger partial charge in [0.2, 0.25) is 0 Å². The zero-order valence-corrected chi connectivity index (χ0v) is 11.8. The van der Waals surface area contributed by atoms with Gasteiger partial charge in [-0.15, -0.1) is 0 Å². The van der Waals surface area contributed by atoms with Gasteiger partial charge in [-0.3, -0.25) is 0 Å². The summed E-state index contributed by atoms with van der Waals surface area (Å²) in [5, 5.41) is 3.38. The van der Waals surface area contributed by atoms with E-state index in [1.165, 1.54) is 11.3 Å². The maximum atomic E-state index is 4.65. The Kier molecular flexibility index (Phi) is 2.38. The van der Waals surface area contributed by atoms with Crippen molar-refractivity contribution in [2.75, 3.05) is 11.9 Å². The molecular formula is C15H12BrN3. The topological polar surface area (TPSA) is 40.7 Å². The lowest BCUT2D eigenvalue weighted by Crippen LogP contribution is -1.90. The molecule has 1 aliphatic heterocycles. The summed E-state index contributed by atoms with van der Waals surface area (Å²) in [6.07, 6.45) is 1.09. The minimum Gasteiger partial charge on any atom is -0.384 e. The summed E-state index contributed by atoms with van der Waals surface area (Å²) < 4.78 is 1.06. The Morgan fingerprint density at radius 1 is 1.11 bits per heavy atom. The van der Waals surface area contributed by atoms with Crippen molar-refractivity contribution in [2.45, 2.75) is 6.42 Å². The molecule has 0 spiro atoms.